The largest absolute Gasteiger partial charge is 0.461 e. The number of ether oxygens (including phenoxy) is 1. The van der Waals surface area contributed by atoms with Gasteiger partial charge in [0.05, 0.1) is 0 Å². The van der Waals surface area contributed by atoms with Crippen molar-refractivity contribution >= 4 is 0 Å². The molecule has 10 heavy (non-hydrogen) atoms. The second-order valence-corrected chi connectivity index (χ2v) is 1.60. The molecule has 0 aromatic rings. The molecule has 5 heteroatoms. The fourth-order valence-corrected chi connectivity index (χ4v) is 0.459. The maximum Gasteiger partial charge on any atom is 0.312 e. The zero-order chi connectivity index (χ0) is 7.72. The standard InChI is InChI=1S/C5H2F4O/c6-2-1-10-5(9)4(8)3(2)7/h1H2. The Morgan fingerprint density at radius 1 is 1.00 bits per heavy atom. The summed E-state index contributed by atoms with van der Waals surface area (Å²) in [5.41, 5.74) is 0. The summed E-state index contributed by atoms with van der Waals surface area (Å²) in [6.45, 7) is -0.884. The molecule has 0 bridgehead atoms. The van der Waals surface area contributed by atoms with E-state index in [9.17, 15) is 17.6 Å². The van der Waals surface area contributed by atoms with E-state index in [4.69, 9.17) is 0 Å². The van der Waals surface area contributed by atoms with E-state index in [-0.39, 0.29) is 0 Å². The van der Waals surface area contributed by atoms with Gasteiger partial charge in [0, 0.05) is 0 Å². The maximum absolute atomic E-state index is 12.0. The highest BCUT2D eigenvalue weighted by Crippen LogP contribution is 2.28. The van der Waals surface area contributed by atoms with Crippen molar-refractivity contribution in [2.24, 2.45) is 0 Å². The highest BCUT2D eigenvalue weighted by molar-refractivity contribution is 5.25. The van der Waals surface area contributed by atoms with Gasteiger partial charge in [0.15, 0.2) is 11.7 Å². The average molecular weight is 154 g/mol. The summed E-state index contributed by atoms with van der Waals surface area (Å²) >= 11 is 0. The molecule has 0 unspecified atom stereocenters. The van der Waals surface area contributed by atoms with E-state index in [1.54, 1.807) is 0 Å². The van der Waals surface area contributed by atoms with E-state index in [1.807, 2.05) is 0 Å². The molecule has 1 nitrogen and oxygen atoms in total. The van der Waals surface area contributed by atoms with Crippen molar-refractivity contribution in [3.05, 3.63) is 23.5 Å². The molecule has 56 valence electrons. The number of halogens is 4. The quantitative estimate of drug-likeness (QED) is 0.486. The normalized spacial score (nSPS) is 19.6. The van der Waals surface area contributed by atoms with Gasteiger partial charge in [-0.2, -0.15) is 8.78 Å². The third kappa shape index (κ3) is 0.984. The van der Waals surface area contributed by atoms with Gasteiger partial charge in [0.2, 0.25) is 5.83 Å². The lowest BCUT2D eigenvalue weighted by molar-refractivity contribution is 0.125. The Morgan fingerprint density at radius 3 is 2.10 bits per heavy atom. The van der Waals surface area contributed by atoms with E-state index >= 15 is 0 Å². The summed E-state index contributed by atoms with van der Waals surface area (Å²) in [7, 11) is 0. The predicted molar refractivity (Wildman–Crippen MR) is 24.4 cm³/mol. The Bertz CT molecular complexity index is 194. The molecule has 0 aromatic carbocycles. The second kappa shape index (κ2) is 2.32. The van der Waals surface area contributed by atoms with Gasteiger partial charge in [0.25, 0.3) is 0 Å². The van der Waals surface area contributed by atoms with E-state index in [1.165, 1.54) is 0 Å². The van der Waals surface area contributed by atoms with Gasteiger partial charge in [-0.25, -0.2) is 8.78 Å². The average Bonchev–Trinajstić information content (AvgIpc) is 1.93. The molecule has 1 rings (SSSR count). The number of hydrogen-bond donors (Lipinski definition) is 0. The van der Waals surface area contributed by atoms with Crippen molar-refractivity contribution in [1.82, 2.24) is 0 Å². The molecule has 1 heterocycles. The van der Waals surface area contributed by atoms with Gasteiger partial charge < -0.3 is 4.74 Å². The second-order valence-electron chi connectivity index (χ2n) is 1.60. The topological polar surface area (TPSA) is 9.23 Å². The van der Waals surface area contributed by atoms with Crippen LogP contribution in [0.4, 0.5) is 17.6 Å². The van der Waals surface area contributed by atoms with Gasteiger partial charge in [-0.15, -0.1) is 0 Å². The van der Waals surface area contributed by atoms with Gasteiger partial charge >= 0.3 is 6.01 Å². The lowest BCUT2D eigenvalue weighted by atomic mass is 10.4. The number of hydrogen-bond acceptors (Lipinski definition) is 1. The highest BCUT2D eigenvalue weighted by Gasteiger charge is 2.23. The monoisotopic (exact) mass is 154 g/mol. The highest BCUT2D eigenvalue weighted by atomic mass is 19.2. The smallest absolute Gasteiger partial charge is 0.312 e. The van der Waals surface area contributed by atoms with Gasteiger partial charge in [-0.05, 0) is 0 Å². The van der Waals surface area contributed by atoms with Crippen molar-refractivity contribution in [3.8, 4) is 0 Å². The van der Waals surface area contributed by atoms with E-state index < -0.39 is 30.1 Å². The van der Waals surface area contributed by atoms with Crippen molar-refractivity contribution < 1.29 is 22.3 Å². The van der Waals surface area contributed by atoms with Crippen LogP contribution in [0.25, 0.3) is 0 Å². The molecule has 0 spiro atoms. The zero-order valence-electron chi connectivity index (χ0n) is 4.63. The van der Waals surface area contributed by atoms with Crippen molar-refractivity contribution in [2.75, 3.05) is 6.61 Å². The van der Waals surface area contributed by atoms with Crippen LogP contribution in [0.3, 0.4) is 0 Å². The first kappa shape index (κ1) is 7.11. The summed E-state index contributed by atoms with van der Waals surface area (Å²) in [5.74, 6) is -5.16. The van der Waals surface area contributed by atoms with Gasteiger partial charge in [0.1, 0.15) is 6.61 Å². The van der Waals surface area contributed by atoms with Crippen LogP contribution in [0, 0.1) is 0 Å². The van der Waals surface area contributed by atoms with Crippen LogP contribution in [0.1, 0.15) is 0 Å². The molecular formula is C5H2F4O. The van der Waals surface area contributed by atoms with Crippen molar-refractivity contribution in [3.63, 3.8) is 0 Å². The summed E-state index contributed by atoms with van der Waals surface area (Å²) in [4.78, 5) is 0. The fourth-order valence-electron chi connectivity index (χ4n) is 0.459. The molecule has 0 atom stereocenters. The van der Waals surface area contributed by atoms with E-state index in [0.29, 0.717) is 0 Å². The minimum Gasteiger partial charge on any atom is -0.461 e. The van der Waals surface area contributed by atoms with Crippen LogP contribution >= 0.6 is 0 Å². The number of allylic oxidation sites excluding steroid dienone is 2. The molecular weight excluding hydrogens is 152 g/mol. The third-order valence-corrected chi connectivity index (χ3v) is 0.929. The number of rotatable bonds is 0. The van der Waals surface area contributed by atoms with Crippen molar-refractivity contribution in [2.45, 2.75) is 0 Å². The first-order valence-corrected chi connectivity index (χ1v) is 2.35. The van der Waals surface area contributed by atoms with Crippen LogP contribution in [0.5, 0.6) is 0 Å². The molecule has 0 saturated carbocycles. The van der Waals surface area contributed by atoms with E-state index in [2.05, 4.69) is 4.74 Å². The maximum atomic E-state index is 12.0. The summed E-state index contributed by atoms with van der Waals surface area (Å²) in [6, 6.07) is -1.71. The lowest BCUT2D eigenvalue weighted by Crippen LogP contribution is -2.03. The third-order valence-electron chi connectivity index (χ3n) is 0.929. The summed E-state index contributed by atoms with van der Waals surface area (Å²) < 4.78 is 51.4. The Morgan fingerprint density at radius 2 is 1.60 bits per heavy atom. The van der Waals surface area contributed by atoms with Crippen LogP contribution in [-0.2, 0) is 4.74 Å². The Labute approximate surface area is 53.6 Å². The Kier molecular flexibility index (Phi) is 1.65. The van der Waals surface area contributed by atoms with Crippen LogP contribution in [0.2, 0.25) is 0 Å². The van der Waals surface area contributed by atoms with Crippen LogP contribution < -0.4 is 0 Å². The molecule has 1 aliphatic heterocycles. The van der Waals surface area contributed by atoms with Crippen LogP contribution in [-0.4, -0.2) is 6.61 Å². The first-order valence-electron chi connectivity index (χ1n) is 2.35. The van der Waals surface area contributed by atoms with Crippen LogP contribution in [0.15, 0.2) is 23.5 Å². The minimum atomic E-state index is -1.91. The Hall–Kier alpha value is -1.00. The zero-order valence-corrected chi connectivity index (χ0v) is 4.63. The molecule has 0 saturated heterocycles. The SMILES string of the molecule is FC1=C(F)C(F)=C(F)OC1. The fraction of sp³-hybridized carbons (Fsp3) is 0.200. The molecule has 0 aliphatic carbocycles. The molecule has 1 aliphatic rings. The predicted octanol–water partition coefficient (Wildman–Crippen LogP) is 2.28. The lowest BCUT2D eigenvalue weighted by Gasteiger charge is -2.07. The van der Waals surface area contributed by atoms with Gasteiger partial charge in [-0.1, -0.05) is 0 Å². The van der Waals surface area contributed by atoms with Gasteiger partial charge in [-0.3, -0.25) is 0 Å². The Balaban J connectivity index is 3.01. The molecule has 0 N–H and O–H groups in total. The van der Waals surface area contributed by atoms with E-state index in [0.717, 1.165) is 0 Å². The molecule has 0 fully saturated rings. The minimum absolute atomic E-state index is 0.884. The first-order chi connectivity index (χ1) is 4.63. The summed E-state index contributed by atoms with van der Waals surface area (Å²) in [6.07, 6.45) is 0. The summed E-state index contributed by atoms with van der Waals surface area (Å²) in [5, 5.41) is 0. The molecule has 0 aromatic heterocycles. The molecule has 0 amide bonds. The molecule has 0 radical (unpaired) electrons. The van der Waals surface area contributed by atoms with Crippen molar-refractivity contribution in [1.29, 1.82) is 0 Å².